The third-order valence-electron chi connectivity index (χ3n) is 7.55. The molecule has 1 aliphatic heterocycles. The van der Waals surface area contributed by atoms with E-state index in [0.29, 0.717) is 15.8 Å². The van der Waals surface area contributed by atoms with Crippen molar-refractivity contribution in [3.8, 4) is 0 Å². The van der Waals surface area contributed by atoms with Gasteiger partial charge >= 0.3 is 11.9 Å². The summed E-state index contributed by atoms with van der Waals surface area (Å²) in [6, 6.07) is 29.7. The summed E-state index contributed by atoms with van der Waals surface area (Å²) in [6.07, 6.45) is -0.798. The molecule has 0 bridgehead atoms. The summed E-state index contributed by atoms with van der Waals surface area (Å²) in [4.78, 5) is 36.3. The lowest BCUT2D eigenvalue weighted by Gasteiger charge is -2.37. The van der Waals surface area contributed by atoms with Crippen LogP contribution in [0.3, 0.4) is 0 Å². The van der Waals surface area contributed by atoms with E-state index in [0.717, 1.165) is 16.7 Å². The van der Waals surface area contributed by atoms with Gasteiger partial charge < -0.3 is 23.9 Å². The maximum atomic E-state index is 12.4. The van der Waals surface area contributed by atoms with Crippen LogP contribution < -0.4 is 0 Å². The second-order valence-electron chi connectivity index (χ2n) is 10.4. The van der Waals surface area contributed by atoms with Gasteiger partial charge in [-0.05, 0) is 16.7 Å². The highest BCUT2D eigenvalue weighted by atomic mass is 32.1. The predicted octanol–water partition coefficient (Wildman–Crippen LogP) is 5.26. The Balaban J connectivity index is 1.44. The lowest BCUT2D eigenvalue weighted by molar-refractivity contribution is -0.166. The molecule has 2 aromatic heterocycles. The summed E-state index contributed by atoms with van der Waals surface area (Å²) >= 11 is 5.34. The van der Waals surface area contributed by atoms with Crippen LogP contribution in [0.2, 0.25) is 0 Å². The lowest BCUT2D eigenvalue weighted by atomic mass is 9.80. The number of fused-ring (bicyclic) bond motifs is 1. The van der Waals surface area contributed by atoms with Crippen molar-refractivity contribution in [3.63, 3.8) is 0 Å². The van der Waals surface area contributed by atoms with E-state index in [-0.39, 0.29) is 6.61 Å². The minimum atomic E-state index is -1.05. The van der Waals surface area contributed by atoms with Crippen molar-refractivity contribution in [3.05, 3.63) is 125 Å². The molecular weight excluding hydrogens is 580 g/mol. The van der Waals surface area contributed by atoms with E-state index in [1.165, 1.54) is 26.5 Å². The number of carbonyl (C=O) groups is 2. The number of nitrogens with zero attached hydrogens (tertiary/aromatic N) is 3. The van der Waals surface area contributed by atoms with Crippen molar-refractivity contribution in [2.75, 3.05) is 6.61 Å². The van der Waals surface area contributed by atoms with Gasteiger partial charge in [0.2, 0.25) is 0 Å². The fourth-order valence-corrected chi connectivity index (χ4v) is 5.96. The average Bonchev–Trinajstić information content (AvgIpc) is 3.61. The Morgan fingerprint density at radius 2 is 1.36 bits per heavy atom. The molecule has 10 nitrogen and oxygen atoms in total. The molecule has 3 heterocycles. The zero-order valence-electron chi connectivity index (χ0n) is 24.0. The number of rotatable bonds is 9. The maximum absolute atomic E-state index is 12.4. The van der Waals surface area contributed by atoms with Gasteiger partial charge in [0.25, 0.3) is 0 Å². The van der Waals surface area contributed by atoms with Crippen molar-refractivity contribution in [1.82, 2.24) is 19.5 Å². The Labute approximate surface area is 258 Å². The molecule has 4 atom stereocenters. The number of carbonyl (C=O) groups excluding carboxylic acids is 2. The van der Waals surface area contributed by atoms with Crippen molar-refractivity contribution in [2.45, 2.75) is 44.0 Å². The third kappa shape index (κ3) is 5.52. The van der Waals surface area contributed by atoms with E-state index in [1.807, 2.05) is 91.0 Å². The molecule has 1 fully saturated rings. The molecule has 224 valence electrons. The van der Waals surface area contributed by atoms with Crippen molar-refractivity contribution in [1.29, 1.82) is 0 Å². The first-order valence-corrected chi connectivity index (χ1v) is 14.5. The summed E-state index contributed by atoms with van der Waals surface area (Å²) < 4.78 is 27.1. The Kier molecular flexibility index (Phi) is 8.34. The summed E-state index contributed by atoms with van der Waals surface area (Å²) in [5.41, 5.74) is 2.60. The minimum Gasteiger partial charge on any atom is -0.456 e. The van der Waals surface area contributed by atoms with Gasteiger partial charge in [-0.2, -0.15) is 0 Å². The second-order valence-corrected chi connectivity index (χ2v) is 10.7. The number of ether oxygens (including phenoxy) is 4. The van der Waals surface area contributed by atoms with Gasteiger partial charge in [0.15, 0.2) is 23.1 Å². The van der Waals surface area contributed by atoms with E-state index in [9.17, 15) is 9.59 Å². The minimum absolute atomic E-state index is 0.0327. The molecule has 0 radical (unpaired) electrons. The van der Waals surface area contributed by atoms with Gasteiger partial charge in [-0.25, -0.2) is 9.97 Å². The van der Waals surface area contributed by atoms with Crippen molar-refractivity contribution in [2.24, 2.45) is 0 Å². The van der Waals surface area contributed by atoms with Gasteiger partial charge in [-0.1, -0.05) is 103 Å². The largest absolute Gasteiger partial charge is 0.456 e. The van der Waals surface area contributed by atoms with Crippen LogP contribution in [0.1, 0.15) is 36.8 Å². The van der Waals surface area contributed by atoms with Crippen LogP contribution in [0.15, 0.2) is 104 Å². The highest BCUT2D eigenvalue weighted by Gasteiger charge is 2.52. The number of nitrogens with one attached hydrogen (secondary N) is 1. The first kappa shape index (κ1) is 29.4. The van der Waals surface area contributed by atoms with Crippen molar-refractivity contribution < 1.29 is 28.5 Å². The molecule has 5 aromatic rings. The molecule has 1 saturated heterocycles. The molecule has 0 spiro atoms. The SMILES string of the molecule is CC(=O)OC1C(COC(c2ccccc2)(c2ccccc2)c2ccccc2)OC(n2cnc3c(=S)nc[nH]c32)C1OC(C)=O. The monoisotopic (exact) mass is 610 g/mol. The standard InChI is InChI=1S/C33H30N4O6S/c1-21(38)41-28-26(43-32(29(28)42-22(2)39)37-20-36-27-30(37)34-19-35-31(27)44)18-40-33(23-12-6-3-7-13-23,24-14-8-4-9-15-24)25-16-10-5-11-17-25/h3-17,19-20,26,28-29,32H,18H2,1-2H3,(H,34,35,44). The van der Waals surface area contributed by atoms with E-state index < -0.39 is 42.1 Å². The Morgan fingerprint density at radius 1 is 0.841 bits per heavy atom. The molecule has 6 rings (SSSR count). The number of aromatic amines is 1. The Morgan fingerprint density at radius 3 is 1.89 bits per heavy atom. The summed E-state index contributed by atoms with van der Waals surface area (Å²) in [7, 11) is 0. The van der Waals surface area contributed by atoms with Crippen LogP contribution >= 0.6 is 12.2 Å². The Hall–Kier alpha value is -4.71. The van der Waals surface area contributed by atoms with Gasteiger partial charge in [0.1, 0.15) is 22.9 Å². The van der Waals surface area contributed by atoms with E-state index >= 15 is 0 Å². The fourth-order valence-electron chi connectivity index (χ4n) is 5.76. The van der Waals surface area contributed by atoms with Gasteiger partial charge in [-0.3, -0.25) is 14.2 Å². The maximum Gasteiger partial charge on any atom is 0.303 e. The number of aromatic nitrogens is 4. The fraction of sp³-hybridized carbons (Fsp3) is 0.242. The first-order valence-electron chi connectivity index (χ1n) is 14.1. The van der Waals surface area contributed by atoms with Crippen molar-refractivity contribution >= 4 is 35.3 Å². The lowest BCUT2D eigenvalue weighted by Crippen LogP contribution is -2.42. The predicted molar refractivity (Wildman–Crippen MR) is 163 cm³/mol. The highest BCUT2D eigenvalue weighted by molar-refractivity contribution is 7.71. The molecule has 3 aromatic carbocycles. The van der Waals surface area contributed by atoms with E-state index in [2.05, 4.69) is 15.0 Å². The molecule has 0 saturated carbocycles. The van der Waals surface area contributed by atoms with Crippen LogP contribution in [0.25, 0.3) is 11.2 Å². The second kappa shape index (κ2) is 12.5. The third-order valence-corrected chi connectivity index (χ3v) is 7.85. The van der Waals surface area contributed by atoms with Crippen LogP contribution in [-0.4, -0.2) is 56.4 Å². The van der Waals surface area contributed by atoms with E-state index in [4.69, 9.17) is 31.2 Å². The highest BCUT2D eigenvalue weighted by Crippen LogP contribution is 2.42. The molecule has 4 unspecified atom stereocenters. The van der Waals surface area contributed by atoms with Gasteiger partial charge in [0, 0.05) is 13.8 Å². The molecule has 44 heavy (non-hydrogen) atoms. The molecule has 0 amide bonds. The molecule has 1 N–H and O–H groups in total. The zero-order valence-corrected chi connectivity index (χ0v) is 24.8. The summed E-state index contributed by atoms with van der Waals surface area (Å²) in [6.45, 7) is 2.56. The first-order chi connectivity index (χ1) is 21.4. The zero-order chi connectivity index (χ0) is 30.7. The van der Waals surface area contributed by atoms with Gasteiger partial charge in [0.05, 0.1) is 19.3 Å². The quantitative estimate of drug-likeness (QED) is 0.136. The molecular formula is C33H30N4O6S. The van der Waals surface area contributed by atoms with Crippen LogP contribution in [-0.2, 0) is 34.1 Å². The average molecular weight is 611 g/mol. The molecule has 0 aliphatic carbocycles. The van der Waals surface area contributed by atoms with Crippen LogP contribution in [0, 0.1) is 4.64 Å². The Bertz CT molecular complexity index is 1720. The van der Waals surface area contributed by atoms with Crippen LogP contribution in [0.5, 0.6) is 0 Å². The summed E-state index contributed by atoms with van der Waals surface area (Å²) in [5.74, 6) is -1.12. The van der Waals surface area contributed by atoms with Crippen LogP contribution in [0.4, 0.5) is 0 Å². The number of esters is 2. The summed E-state index contributed by atoms with van der Waals surface area (Å²) in [5, 5.41) is 0. The number of hydrogen-bond donors (Lipinski definition) is 1. The molecule has 1 aliphatic rings. The topological polar surface area (TPSA) is 118 Å². The number of H-pyrrole nitrogens is 1. The normalized spacial score (nSPS) is 20.0. The smallest absolute Gasteiger partial charge is 0.303 e. The van der Waals surface area contributed by atoms with Gasteiger partial charge in [-0.15, -0.1) is 0 Å². The number of hydrogen-bond acceptors (Lipinski definition) is 9. The number of benzene rings is 3. The molecule has 11 heteroatoms. The number of imidazole rings is 1. The van der Waals surface area contributed by atoms with E-state index in [1.54, 1.807) is 4.57 Å².